The molecule has 0 amide bonds. The summed E-state index contributed by atoms with van der Waals surface area (Å²) < 4.78 is 1.76. The van der Waals surface area contributed by atoms with E-state index < -0.39 is 0 Å². The summed E-state index contributed by atoms with van der Waals surface area (Å²) in [4.78, 5) is 8.29. The molecule has 0 spiro atoms. The van der Waals surface area contributed by atoms with Gasteiger partial charge in [0.25, 0.3) is 0 Å². The Balaban J connectivity index is 2.40. The lowest BCUT2D eigenvalue weighted by atomic mass is 10.1. The maximum Gasteiger partial charge on any atom is 0.138 e. The Labute approximate surface area is 111 Å². The van der Waals surface area contributed by atoms with Crippen molar-refractivity contribution in [2.75, 3.05) is 5.32 Å². The van der Waals surface area contributed by atoms with Crippen molar-refractivity contribution in [3.05, 3.63) is 28.9 Å². The van der Waals surface area contributed by atoms with Gasteiger partial charge in [0.05, 0.1) is 11.4 Å². The van der Waals surface area contributed by atoms with Crippen molar-refractivity contribution in [1.29, 1.82) is 0 Å². The Kier molecular flexibility index (Phi) is 3.52. The lowest BCUT2D eigenvalue weighted by molar-refractivity contribution is 0.756. The third-order valence-corrected chi connectivity index (χ3v) is 2.98. The third kappa shape index (κ3) is 2.46. The van der Waals surface area contributed by atoms with Gasteiger partial charge in [-0.3, -0.25) is 4.68 Å². The molecule has 0 radical (unpaired) electrons. The molecule has 96 valence electrons. The molecule has 2 heterocycles. The Morgan fingerprint density at radius 1 is 1.33 bits per heavy atom. The minimum atomic E-state index is 0.248. The van der Waals surface area contributed by atoms with Crippen LogP contribution in [-0.2, 0) is 7.05 Å². The van der Waals surface area contributed by atoms with Crippen LogP contribution in [0.1, 0.15) is 31.0 Å². The van der Waals surface area contributed by atoms with Gasteiger partial charge in [-0.15, -0.1) is 0 Å². The fourth-order valence-electron chi connectivity index (χ4n) is 1.84. The van der Waals surface area contributed by atoms with Crippen LogP contribution in [0.4, 0.5) is 11.5 Å². The normalized spacial score (nSPS) is 11.0. The molecule has 0 saturated carbocycles. The van der Waals surface area contributed by atoms with E-state index in [2.05, 4.69) is 34.2 Å². The summed E-state index contributed by atoms with van der Waals surface area (Å²) in [5.74, 6) is 0.985. The van der Waals surface area contributed by atoms with E-state index in [0.717, 1.165) is 22.8 Å². The molecule has 6 heteroatoms. The molecule has 0 atom stereocenters. The van der Waals surface area contributed by atoms with Gasteiger partial charge in [-0.2, -0.15) is 5.10 Å². The van der Waals surface area contributed by atoms with Gasteiger partial charge in [-0.05, 0) is 12.8 Å². The van der Waals surface area contributed by atoms with Gasteiger partial charge in [0, 0.05) is 18.8 Å². The number of hydrogen-bond acceptors (Lipinski definition) is 4. The van der Waals surface area contributed by atoms with Crippen molar-refractivity contribution >= 4 is 23.1 Å². The minimum Gasteiger partial charge on any atom is -0.337 e. The van der Waals surface area contributed by atoms with Gasteiger partial charge in [-0.25, -0.2) is 9.97 Å². The van der Waals surface area contributed by atoms with E-state index >= 15 is 0 Å². The lowest BCUT2D eigenvalue weighted by Crippen LogP contribution is -2.03. The summed E-state index contributed by atoms with van der Waals surface area (Å²) >= 11 is 6.12. The third-order valence-electron chi connectivity index (χ3n) is 2.68. The number of halogens is 1. The van der Waals surface area contributed by atoms with Gasteiger partial charge in [0.2, 0.25) is 0 Å². The molecule has 0 aromatic carbocycles. The number of rotatable bonds is 3. The number of anilines is 2. The predicted molar refractivity (Wildman–Crippen MR) is 72.4 cm³/mol. The second kappa shape index (κ2) is 4.94. The fraction of sp³-hybridized carbons (Fsp3) is 0.417. The monoisotopic (exact) mass is 265 g/mol. The standard InChI is InChI=1S/C12H16ClN5/c1-7(2)10-11(13)14-6-15-12(10)16-9-5-18(4)17-8(9)3/h5-7H,1-4H3,(H,14,15,16). The van der Waals surface area contributed by atoms with Crippen LogP contribution in [0.15, 0.2) is 12.5 Å². The Morgan fingerprint density at radius 2 is 2.06 bits per heavy atom. The highest BCUT2D eigenvalue weighted by molar-refractivity contribution is 6.30. The van der Waals surface area contributed by atoms with E-state index in [1.165, 1.54) is 6.33 Å². The predicted octanol–water partition coefficient (Wildman–Crippen LogP) is 3.04. The van der Waals surface area contributed by atoms with Crippen molar-refractivity contribution in [2.45, 2.75) is 26.7 Å². The summed E-state index contributed by atoms with van der Waals surface area (Å²) in [7, 11) is 1.88. The molecule has 0 aliphatic heterocycles. The molecule has 2 rings (SSSR count). The molecule has 0 aliphatic rings. The topological polar surface area (TPSA) is 55.6 Å². The molecular weight excluding hydrogens is 250 g/mol. The first-order valence-corrected chi connectivity index (χ1v) is 6.14. The average Bonchev–Trinajstić information content (AvgIpc) is 2.57. The zero-order valence-electron chi connectivity index (χ0n) is 10.9. The summed E-state index contributed by atoms with van der Waals surface area (Å²) in [6.45, 7) is 6.07. The first kappa shape index (κ1) is 12.8. The maximum atomic E-state index is 6.12. The first-order valence-electron chi connectivity index (χ1n) is 5.76. The highest BCUT2D eigenvalue weighted by atomic mass is 35.5. The Morgan fingerprint density at radius 3 is 2.61 bits per heavy atom. The lowest BCUT2D eigenvalue weighted by Gasteiger charge is -2.13. The second-order valence-corrected chi connectivity index (χ2v) is 4.87. The van der Waals surface area contributed by atoms with Gasteiger partial charge in [0.1, 0.15) is 17.3 Å². The van der Waals surface area contributed by atoms with Crippen LogP contribution in [0.25, 0.3) is 0 Å². The van der Waals surface area contributed by atoms with Gasteiger partial charge < -0.3 is 5.32 Å². The van der Waals surface area contributed by atoms with Crippen LogP contribution < -0.4 is 5.32 Å². The van der Waals surface area contributed by atoms with E-state index in [1.54, 1.807) is 4.68 Å². The smallest absolute Gasteiger partial charge is 0.138 e. The van der Waals surface area contributed by atoms with Crippen molar-refractivity contribution in [1.82, 2.24) is 19.7 Å². The van der Waals surface area contributed by atoms with Crippen LogP contribution in [0, 0.1) is 6.92 Å². The molecular formula is C12H16ClN5. The van der Waals surface area contributed by atoms with Crippen molar-refractivity contribution < 1.29 is 0 Å². The van der Waals surface area contributed by atoms with E-state index in [1.807, 2.05) is 20.2 Å². The Hall–Kier alpha value is -1.62. The van der Waals surface area contributed by atoms with Gasteiger partial charge in [-0.1, -0.05) is 25.4 Å². The highest BCUT2D eigenvalue weighted by Crippen LogP contribution is 2.30. The second-order valence-electron chi connectivity index (χ2n) is 4.51. The minimum absolute atomic E-state index is 0.248. The van der Waals surface area contributed by atoms with E-state index in [9.17, 15) is 0 Å². The largest absolute Gasteiger partial charge is 0.337 e. The summed E-state index contributed by atoms with van der Waals surface area (Å²) in [6, 6.07) is 0. The van der Waals surface area contributed by atoms with Gasteiger partial charge in [0.15, 0.2) is 0 Å². The molecule has 0 saturated heterocycles. The van der Waals surface area contributed by atoms with Crippen LogP contribution in [0.3, 0.4) is 0 Å². The van der Waals surface area contributed by atoms with Gasteiger partial charge >= 0.3 is 0 Å². The summed E-state index contributed by atoms with van der Waals surface area (Å²) in [6.07, 6.45) is 3.37. The van der Waals surface area contributed by atoms with E-state index in [0.29, 0.717) is 5.15 Å². The number of aryl methyl sites for hydroxylation is 2. The van der Waals surface area contributed by atoms with E-state index in [4.69, 9.17) is 11.6 Å². The maximum absolute atomic E-state index is 6.12. The SMILES string of the molecule is Cc1nn(C)cc1Nc1ncnc(Cl)c1C(C)C. The van der Waals surface area contributed by atoms with Crippen molar-refractivity contribution in [3.63, 3.8) is 0 Å². The number of nitrogens with zero attached hydrogens (tertiary/aromatic N) is 4. The van der Waals surface area contributed by atoms with Crippen LogP contribution >= 0.6 is 11.6 Å². The molecule has 1 N–H and O–H groups in total. The van der Waals surface area contributed by atoms with Crippen LogP contribution in [-0.4, -0.2) is 19.7 Å². The highest BCUT2D eigenvalue weighted by Gasteiger charge is 2.15. The molecule has 0 unspecified atom stereocenters. The summed E-state index contributed by atoms with van der Waals surface area (Å²) in [5.41, 5.74) is 2.76. The fourth-order valence-corrected chi connectivity index (χ4v) is 2.19. The van der Waals surface area contributed by atoms with E-state index in [-0.39, 0.29) is 5.92 Å². The quantitative estimate of drug-likeness (QED) is 0.867. The molecule has 0 bridgehead atoms. The molecule has 0 aliphatic carbocycles. The first-order chi connectivity index (χ1) is 8.49. The Bertz CT molecular complexity index is 562. The van der Waals surface area contributed by atoms with Crippen LogP contribution in [0.2, 0.25) is 5.15 Å². The molecule has 2 aromatic heterocycles. The molecule has 5 nitrogen and oxygen atoms in total. The molecule has 2 aromatic rings. The zero-order chi connectivity index (χ0) is 13.3. The molecule has 18 heavy (non-hydrogen) atoms. The molecule has 0 fully saturated rings. The number of aromatic nitrogens is 4. The van der Waals surface area contributed by atoms with Crippen LogP contribution in [0.5, 0.6) is 0 Å². The summed E-state index contributed by atoms with van der Waals surface area (Å²) in [5, 5.41) is 8.04. The number of nitrogens with one attached hydrogen (secondary N) is 1. The van der Waals surface area contributed by atoms with Crippen molar-refractivity contribution in [3.8, 4) is 0 Å². The van der Waals surface area contributed by atoms with Crippen molar-refractivity contribution in [2.24, 2.45) is 7.05 Å². The number of hydrogen-bond donors (Lipinski definition) is 1. The average molecular weight is 266 g/mol. The zero-order valence-corrected chi connectivity index (χ0v) is 11.7.